The van der Waals surface area contributed by atoms with Gasteiger partial charge in [0.2, 0.25) is 0 Å². The highest BCUT2D eigenvalue weighted by Gasteiger charge is 2.32. The summed E-state index contributed by atoms with van der Waals surface area (Å²) in [7, 11) is 0. The molecular weight excluding hydrogens is 378 g/mol. The van der Waals surface area contributed by atoms with Gasteiger partial charge in [-0.15, -0.1) is 0 Å². The maximum atomic E-state index is 12.5. The maximum Gasteiger partial charge on any atom is 0.419 e. The van der Waals surface area contributed by atoms with Crippen LogP contribution in [-0.4, -0.2) is 52.4 Å². The second-order valence-corrected chi connectivity index (χ2v) is 8.46. The Morgan fingerprint density at radius 3 is 2.59 bits per heavy atom. The SMILES string of the molecule is CC(C)(C)OC(=O)n1c(C(=O)O)cc2cc(OCC[C@H]3COC(C)(C)O3)ccc21. The minimum Gasteiger partial charge on any atom is -0.493 e. The van der Waals surface area contributed by atoms with E-state index in [1.54, 1.807) is 39.0 Å². The van der Waals surface area contributed by atoms with E-state index in [1.165, 1.54) is 6.07 Å². The summed E-state index contributed by atoms with van der Waals surface area (Å²) in [5.74, 6) is -1.20. The standard InChI is InChI=1S/C21H27NO7/c1-20(2,3)29-19(25)22-16-7-6-14(10-13(16)11-17(22)18(23)24)26-9-8-15-12-27-21(4,5)28-15/h6-7,10-11,15H,8-9,12H2,1-5H3,(H,23,24)/t15-/m0/s1. The number of fused-ring (bicyclic) bond motifs is 1. The van der Waals surface area contributed by atoms with Gasteiger partial charge in [0.15, 0.2) is 5.79 Å². The van der Waals surface area contributed by atoms with Crippen LogP contribution in [0.1, 0.15) is 51.5 Å². The summed E-state index contributed by atoms with van der Waals surface area (Å²) in [6, 6.07) is 6.49. The Balaban J connectivity index is 1.76. The van der Waals surface area contributed by atoms with Crippen LogP contribution in [0.2, 0.25) is 0 Å². The van der Waals surface area contributed by atoms with Gasteiger partial charge in [-0.25, -0.2) is 14.2 Å². The Morgan fingerprint density at radius 2 is 2.00 bits per heavy atom. The lowest BCUT2D eigenvalue weighted by atomic mass is 10.2. The van der Waals surface area contributed by atoms with Crippen LogP contribution in [-0.2, 0) is 14.2 Å². The van der Waals surface area contributed by atoms with Gasteiger partial charge in [0.05, 0.1) is 24.8 Å². The van der Waals surface area contributed by atoms with Gasteiger partial charge in [0.1, 0.15) is 17.0 Å². The molecule has 1 fully saturated rings. The molecule has 2 aromatic rings. The molecule has 1 aliphatic rings. The smallest absolute Gasteiger partial charge is 0.419 e. The molecular formula is C21H27NO7. The number of carboxylic acids is 1. The molecule has 0 amide bonds. The second kappa shape index (κ2) is 7.68. The molecule has 8 heteroatoms. The zero-order chi connectivity index (χ0) is 21.4. The van der Waals surface area contributed by atoms with Gasteiger partial charge in [0.25, 0.3) is 0 Å². The molecule has 0 bridgehead atoms. The van der Waals surface area contributed by atoms with E-state index in [9.17, 15) is 14.7 Å². The summed E-state index contributed by atoms with van der Waals surface area (Å²) in [6.07, 6.45) is -0.0963. The average Bonchev–Trinajstić information content (AvgIpc) is 3.13. The first kappa shape index (κ1) is 21.1. The zero-order valence-electron chi connectivity index (χ0n) is 17.4. The summed E-state index contributed by atoms with van der Waals surface area (Å²) in [5.41, 5.74) is -0.462. The second-order valence-electron chi connectivity index (χ2n) is 8.46. The fraction of sp³-hybridized carbons (Fsp3) is 0.524. The molecule has 1 N–H and O–H groups in total. The number of benzene rings is 1. The summed E-state index contributed by atoms with van der Waals surface area (Å²) >= 11 is 0. The van der Waals surface area contributed by atoms with Crippen molar-refractivity contribution in [3.8, 4) is 5.75 Å². The van der Waals surface area contributed by atoms with Crippen molar-refractivity contribution in [2.45, 2.75) is 58.5 Å². The van der Waals surface area contributed by atoms with E-state index in [-0.39, 0.29) is 11.8 Å². The number of hydrogen-bond acceptors (Lipinski definition) is 6. The fourth-order valence-corrected chi connectivity index (χ4v) is 3.16. The maximum absolute atomic E-state index is 12.5. The molecule has 0 saturated carbocycles. The van der Waals surface area contributed by atoms with Gasteiger partial charge < -0.3 is 24.1 Å². The monoisotopic (exact) mass is 405 g/mol. The van der Waals surface area contributed by atoms with Gasteiger partial charge in [0, 0.05) is 11.8 Å². The molecule has 29 heavy (non-hydrogen) atoms. The van der Waals surface area contributed by atoms with E-state index in [2.05, 4.69) is 0 Å². The van der Waals surface area contributed by atoms with E-state index < -0.39 is 23.5 Å². The minimum absolute atomic E-state index is 0.0272. The summed E-state index contributed by atoms with van der Waals surface area (Å²) < 4.78 is 23.5. The van der Waals surface area contributed by atoms with Crippen LogP contribution >= 0.6 is 0 Å². The number of rotatable bonds is 5. The number of carboxylic acid groups (broad SMARTS) is 1. The number of aromatic carboxylic acids is 1. The molecule has 1 aliphatic heterocycles. The van der Waals surface area contributed by atoms with E-state index in [1.807, 2.05) is 13.8 Å². The predicted octanol–water partition coefficient (Wildman–Crippen LogP) is 4.04. The predicted molar refractivity (Wildman–Crippen MR) is 106 cm³/mol. The van der Waals surface area contributed by atoms with Crippen molar-refractivity contribution in [1.29, 1.82) is 0 Å². The number of aromatic nitrogens is 1. The van der Waals surface area contributed by atoms with Crippen LogP contribution in [0.3, 0.4) is 0 Å². The Kier molecular flexibility index (Phi) is 5.60. The molecule has 158 valence electrons. The quantitative estimate of drug-likeness (QED) is 0.802. The van der Waals surface area contributed by atoms with Crippen LogP contribution in [0.4, 0.5) is 4.79 Å². The number of carbonyl (C=O) groups is 2. The highest BCUT2D eigenvalue weighted by atomic mass is 16.7. The largest absolute Gasteiger partial charge is 0.493 e. The van der Waals surface area contributed by atoms with Crippen molar-refractivity contribution in [3.63, 3.8) is 0 Å². The molecule has 1 atom stereocenters. The van der Waals surface area contributed by atoms with Gasteiger partial charge >= 0.3 is 12.1 Å². The number of ether oxygens (including phenoxy) is 4. The highest BCUT2D eigenvalue weighted by Crippen LogP contribution is 2.27. The third-order valence-electron chi connectivity index (χ3n) is 4.34. The Labute approximate surface area is 169 Å². The lowest BCUT2D eigenvalue weighted by molar-refractivity contribution is -0.139. The Morgan fingerprint density at radius 1 is 1.28 bits per heavy atom. The van der Waals surface area contributed by atoms with Crippen molar-refractivity contribution >= 4 is 23.0 Å². The lowest BCUT2D eigenvalue weighted by Gasteiger charge is -2.20. The summed E-state index contributed by atoms with van der Waals surface area (Å²) in [6.45, 7) is 9.87. The average molecular weight is 405 g/mol. The van der Waals surface area contributed by atoms with Crippen LogP contribution < -0.4 is 4.74 Å². The van der Waals surface area contributed by atoms with Gasteiger partial charge in [-0.05, 0) is 58.9 Å². The molecule has 3 rings (SSSR count). The van der Waals surface area contributed by atoms with E-state index >= 15 is 0 Å². The van der Waals surface area contributed by atoms with Gasteiger partial charge in [-0.2, -0.15) is 0 Å². The van der Waals surface area contributed by atoms with Crippen LogP contribution in [0.25, 0.3) is 10.9 Å². The first-order valence-electron chi connectivity index (χ1n) is 9.52. The third kappa shape index (κ3) is 5.07. The Bertz CT molecular complexity index is 923. The van der Waals surface area contributed by atoms with Gasteiger partial charge in [-0.1, -0.05) is 0 Å². The van der Waals surface area contributed by atoms with E-state index in [0.717, 1.165) is 4.57 Å². The molecule has 1 aromatic carbocycles. The van der Waals surface area contributed by atoms with Crippen molar-refractivity contribution < 1.29 is 33.6 Å². The fourth-order valence-electron chi connectivity index (χ4n) is 3.16. The molecule has 0 unspecified atom stereocenters. The van der Waals surface area contributed by atoms with Crippen molar-refractivity contribution in [3.05, 3.63) is 30.0 Å². The lowest BCUT2D eigenvalue weighted by Crippen LogP contribution is -2.28. The number of nitrogens with zero attached hydrogens (tertiary/aromatic N) is 1. The number of carbonyl (C=O) groups excluding carboxylic acids is 1. The first-order chi connectivity index (χ1) is 13.5. The normalized spacial score (nSPS) is 18.7. The summed E-state index contributed by atoms with van der Waals surface area (Å²) in [5, 5.41) is 10.1. The molecule has 0 spiro atoms. The van der Waals surface area contributed by atoms with E-state index in [0.29, 0.717) is 36.3 Å². The first-order valence-corrected chi connectivity index (χ1v) is 9.52. The van der Waals surface area contributed by atoms with Crippen LogP contribution in [0, 0.1) is 0 Å². The zero-order valence-corrected chi connectivity index (χ0v) is 17.4. The molecule has 2 heterocycles. The molecule has 1 aromatic heterocycles. The summed E-state index contributed by atoms with van der Waals surface area (Å²) in [4.78, 5) is 24.2. The number of hydrogen-bond donors (Lipinski definition) is 1. The van der Waals surface area contributed by atoms with Crippen LogP contribution in [0.15, 0.2) is 24.3 Å². The highest BCUT2D eigenvalue weighted by molar-refractivity contribution is 6.01. The van der Waals surface area contributed by atoms with Gasteiger partial charge in [-0.3, -0.25) is 0 Å². The molecule has 1 saturated heterocycles. The van der Waals surface area contributed by atoms with Crippen molar-refractivity contribution in [2.75, 3.05) is 13.2 Å². The van der Waals surface area contributed by atoms with Crippen molar-refractivity contribution in [1.82, 2.24) is 4.57 Å². The third-order valence-corrected chi connectivity index (χ3v) is 4.34. The minimum atomic E-state index is -1.21. The molecule has 0 aliphatic carbocycles. The van der Waals surface area contributed by atoms with Crippen molar-refractivity contribution in [2.24, 2.45) is 0 Å². The van der Waals surface area contributed by atoms with Crippen LogP contribution in [0.5, 0.6) is 5.75 Å². The Hall–Kier alpha value is -2.58. The molecule has 8 nitrogen and oxygen atoms in total. The topological polar surface area (TPSA) is 96.2 Å². The molecule has 0 radical (unpaired) electrons. The van der Waals surface area contributed by atoms with E-state index in [4.69, 9.17) is 18.9 Å².